The highest BCUT2D eigenvalue weighted by Gasteiger charge is 2.24. The predicted molar refractivity (Wildman–Crippen MR) is 130 cm³/mol. The Kier molecular flexibility index (Phi) is 9.83. The van der Waals surface area contributed by atoms with Crippen molar-refractivity contribution in [2.24, 2.45) is 16.1 Å². The van der Waals surface area contributed by atoms with Gasteiger partial charge >= 0.3 is 5.97 Å². The number of anilines is 1. The summed E-state index contributed by atoms with van der Waals surface area (Å²) in [6.45, 7) is 8.90. The van der Waals surface area contributed by atoms with Gasteiger partial charge in [-0.25, -0.2) is 0 Å². The highest BCUT2D eigenvalue weighted by molar-refractivity contribution is 7.07. The SMILES string of the molecule is COc1cc(C(=O)N=c2sccn2COC(=O)C(C)(C)N)ccc1NC(=O)CC(C)(C)C.Cl. The number of nitrogens with zero attached hydrogens (tertiary/aromatic N) is 2. The Morgan fingerprint density at radius 2 is 1.85 bits per heavy atom. The second kappa shape index (κ2) is 11.4. The van der Waals surface area contributed by atoms with E-state index in [9.17, 15) is 14.4 Å². The van der Waals surface area contributed by atoms with Crippen LogP contribution in [0.3, 0.4) is 0 Å². The van der Waals surface area contributed by atoms with Gasteiger partial charge in [-0.3, -0.25) is 19.0 Å². The second-order valence-electron chi connectivity index (χ2n) is 9.06. The Morgan fingerprint density at radius 1 is 1.18 bits per heavy atom. The molecular weight excluding hydrogens is 468 g/mol. The lowest BCUT2D eigenvalue weighted by atomic mass is 9.92. The number of ether oxygens (including phenoxy) is 2. The molecule has 0 fully saturated rings. The molecule has 0 bridgehead atoms. The molecule has 9 nitrogen and oxygen atoms in total. The van der Waals surface area contributed by atoms with Gasteiger partial charge in [-0.15, -0.1) is 23.7 Å². The first kappa shape index (κ1) is 28.3. The Hall–Kier alpha value is -2.69. The van der Waals surface area contributed by atoms with E-state index in [0.717, 1.165) is 0 Å². The minimum absolute atomic E-state index is 0. The number of hydrogen-bond donors (Lipinski definition) is 2. The standard InChI is InChI=1S/C22H30N4O5S.ClH/c1-21(2,3)12-17(27)24-15-8-7-14(11-16(15)30-6)18(28)25-20-26(9-10-32-20)13-31-19(29)22(4,5)23;/h7-11H,12-13,23H2,1-6H3,(H,24,27);1H. The van der Waals surface area contributed by atoms with E-state index in [2.05, 4.69) is 10.3 Å². The van der Waals surface area contributed by atoms with Crippen LogP contribution in [0.2, 0.25) is 0 Å². The van der Waals surface area contributed by atoms with Crippen LogP contribution in [0, 0.1) is 5.41 Å². The molecule has 0 aliphatic carbocycles. The van der Waals surface area contributed by atoms with Crippen molar-refractivity contribution in [2.45, 2.75) is 53.3 Å². The monoisotopic (exact) mass is 498 g/mol. The van der Waals surface area contributed by atoms with E-state index < -0.39 is 17.4 Å². The number of amides is 2. The molecule has 1 aromatic carbocycles. The molecule has 0 radical (unpaired) electrons. The quantitative estimate of drug-likeness (QED) is 0.564. The molecule has 1 heterocycles. The van der Waals surface area contributed by atoms with Crippen LogP contribution in [-0.2, 0) is 21.1 Å². The molecule has 0 saturated heterocycles. The third kappa shape index (κ3) is 8.64. The fraction of sp³-hybridized carbons (Fsp3) is 0.455. The van der Waals surface area contributed by atoms with Crippen molar-refractivity contribution in [1.82, 2.24) is 4.57 Å². The number of aromatic nitrogens is 1. The fourth-order valence-electron chi connectivity index (χ4n) is 2.55. The smallest absolute Gasteiger partial charge is 0.327 e. The Morgan fingerprint density at radius 3 is 2.42 bits per heavy atom. The maximum Gasteiger partial charge on any atom is 0.327 e. The fourth-order valence-corrected chi connectivity index (χ4v) is 3.27. The molecule has 0 saturated carbocycles. The summed E-state index contributed by atoms with van der Waals surface area (Å²) in [5.74, 6) is -0.860. The van der Waals surface area contributed by atoms with E-state index >= 15 is 0 Å². The van der Waals surface area contributed by atoms with Crippen molar-refractivity contribution >= 4 is 47.2 Å². The van der Waals surface area contributed by atoms with E-state index in [1.807, 2.05) is 20.8 Å². The van der Waals surface area contributed by atoms with Gasteiger partial charge in [0.15, 0.2) is 11.5 Å². The summed E-state index contributed by atoms with van der Waals surface area (Å²) in [6.07, 6.45) is 2.00. The number of nitrogens with two attached hydrogens (primary N) is 1. The Bertz CT molecular complexity index is 1060. The number of hydrogen-bond acceptors (Lipinski definition) is 7. The van der Waals surface area contributed by atoms with Gasteiger partial charge in [0.05, 0.1) is 12.8 Å². The summed E-state index contributed by atoms with van der Waals surface area (Å²) in [5, 5.41) is 4.54. The van der Waals surface area contributed by atoms with Crippen molar-refractivity contribution in [3.05, 3.63) is 40.1 Å². The van der Waals surface area contributed by atoms with Crippen molar-refractivity contribution in [3.8, 4) is 5.75 Å². The molecular formula is C22H31ClN4O5S. The van der Waals surface area contributed by atoms with Crippen LogP contribution in [0.1, 0.15) is 51.4 Å². The van der Waals surface area contributed by atoms with Crippen LogP contribution in [0.25, 0.3) is 0 Å². The van der Waals surface area contributed by atoms with Gasteiger partial charge in [0.2, 0.25) is 5.91 Å². The maximum atomic E-state index is 12.7. The molecule has 0 unspecified atom stereocenters. The number of thiazole rings is 1. The third-order valence-corrected chi connectivity index (χ3v) is 4.93. The molecule has 2 aromatic rings. The molecule has 0 atom stereocenters. The molecule has 0 aliphatic rings. The Labute approximate surface area is 203 Å². The van der Waals surface area contributed by atoms with E-state index in [1.54, 1.807) is 37.6 Å². The highest BCUT2D eigenvalue weighted by atomic mass is 35.5. The average molecular weight is 499 g/mol. The number of methoxy groups -OCH3 is 1. The molecule has 182 valence electrons. The first-order valence-corrected chi connectivity index (χ1v) is 10.8. The van der Waals surface area contributed by atoms with Crippen molar-refractivity contribution < 1.29 is 23.9 Å². The highest BCUT2D eigenvalue weighted by Crippen LogP contribution is 2.27. The summed E-state index contributed by atoms with van der Waals surface area (Å²) in [5.41, 5.74) is 5.20. The number of halogens is 1. The zero-order valence-corrected chi connectivity index (χ0v) is 21.3. The van der Waals surface area contributed by atoms with Gasteiger partial charge in [0.25, 0.3) is 5.91 Å². The van der Waals surface area contributed by atoms with E-state index in [1.165, 1.54) is 29.1 Å². The van der Waals surface area contributed by atoms with Gasteiger partial charge in [-0.05, 0) is 37.5 Å². The van der Waals surface area contributed by atoms with Gasteiger partial charge in [0.1, 0.15) is 11.3 Å². The summed E-state index contributed by atoms with van der Waals surface area (Å²) in [7, 11) is 1.46. The lowest BCUT2D eigenvalue weighted by Gasteiger charge is -2.18. The zero-order valence-electron chi connectivity index (χ0n) is 19.6. The molecule has 0 aliphatic heterocycles. The Balaban J connectivity index is 0.00000544. The maximum absolute atomic E-state index is 12.7. The third-order valence-electron chi connectivity index (χ3n) is 4.13. The largest absolute Gasteiger partial charge is 0.495 e. The first-order valence-electron chi connectivity index (χ1n) is 9.97. The molecule has 0 spiro atoms. The number of carbonyl (C=O) groups is 3. The number of carbonyl (C=O) groups excluding carboxylic acids is 3. The van der Waals surface area contributed by atoms with Crippen molar-refractivity contribution in [3.63, 3.8) is 0 Å². The minimum Gasteiger partial charge on any atom is -0.495 e. The van der Waals surface area contributed by atoms with Crippen LogP contribution in [0.15, 0.2) is 34.8 Å². The number of benzene rings is 1. The number of rotatable bonds is 7. The van der Waals surface area contributed by atoms with E-state index in [4.69, 9.17) is 15.2 Å². The summed E-state index contributed by atoms with van der Waals surface area (Å²) < 4.78 is 12.1. The topological polar surface area (TPSA) is 125 Å². The van der Waals surface area contributed by atoms with Gasteiger partial charge in [0, 0.05) is 23.6 Å². The normalized spacial score (nSPS) is 12.0. The van der Waals surface area contributed by atoms with Crippen LogP contribution in [-0.4, -0.2) is 35.0 Å². The lowest BCUT2D eigenvalue weighted by Crippen LogP contribution is -2.43. The van der Waals surface area contributed by atoms with Gasteiger partial charge in [-0.2, -0.15) is 4.99 Å². The second-order valence-corrected chi connectivity index (χ2v) is 9.93. The van der Waals surface area contributed by atoms with Gasteiger partial charge in [-0.1, -0.05) is 20.8 Å². The molecule has 1 aromatic heterocycles. The number of esters is 1. The van der Waals surface area contributed by atoms with E-state index in [0.29, 0.717) is 22.7 Å². The zero-order chi connectivity index (χ0) is 24.1. The van der Waals surface area contributed by atoms with E-state index in [-0.39, 0.29) is 36.0 Å². The van der Waals surface area contributed by atoms with Crippen molar-refractivity contribution in [2.75, 3.05) is 12.4 Å². The number of nitrogens with one attached hydrogen (secondary N) is 1. The van der Waals surface area contributed by atoms with Crippen molar-refractivity contribution in [1.29, 1.82) is 0 Å². The van der Waals surface area contributed by atoms with Crippen LogP contribution in [0.5, 0.6) is 5.75 Å². The van der Waals surface area contributed by atoms with Crippen LogP contribution >= 0.6 is 23.7 Å². The van der Waals surface area contributed by atoms with Crippen LogP contribution < -0.4 is 20.6 Å². The molecule has 2 rings (SSSR count). The lowest BCUT2D eigenvalue weighted by molar-refractivity contribution is -0.152. The molecule has 33 heavy (non-hydrogen) atoms. The first-order chi connectivity index (χ1) is 14.8. The molecule has 11 heteroatoms. The summed E-state index contributed by atoms with van der Waals surface area (Å²) >= 11 is 1.22. The van der Waals surface area contributed by atoms with Crippen LogP contribution in [0.4, 0.5) is 5.69 Å². The molecule has 2 amide bonds. The summed E-state index contributed by atoms with van der Waals surface area (Å²) in [6, 6.07) is 4.69. The average Bonchev–Trinajstić information content (AvgIpc) is 3.10. The molecule has 3 N–H and O–H groups in total. The summed E-state index contributed by atoms with van der Waals surface area (Å²) in [4.78, 5) is 41.3. The predicted octanol–water partition coefficient (Wildman–Crippen LogP) is 3.33. The van der Waals surface area contributed by atoms with Gasteiger partial charge < -0.3 is 20.5 Å². The minimum atomic E-state index is -1.12.